The number of alkyl halides is 2. The molecular formula is C8H16Cl2. The van der Waals surface area contributed by atoms with E-state index in [9.17, 15) is 0 Å². The molecule has 0 radical (unpaired) electrons. The van der Waals surface area contributed by atoms with Crippen molar-refractivity contribution in [3.63, 3.8) is 0 Å². The first-order chi connectivity index (χ1) is 4.68. The summed E-state index contributed by atoms with van der Waals surface area (Å²) in [6, 6.07) is 0. The van der Waals surface area contributed by atoms with E-state index in [0.717, 1.165) is 6.42 Å². The Labute approximate surface area is 73.9 Å². The lowest BCUT2D eigenvalue weighted by Gasteiger charge is -2.23. The van der Waals surface area contributed by atoms with Gasteiger partial charge in [0.2, 0.25) is 0 Å². The molecule has 0 N–H and O–H groups in total. The second-order valence-corrected chi connectivity index (χ2v) is 3.72. The van der Waals surface area contributed by atoms with E-state index in [4.69, 9.17) is 23.2 Å². The number of rotatable bonds is 5. The van der Waals surface area contributed by atoms with E-state index in [-0.39, 0.29) is 5.41 Å². The van der Waals surface area contributed by atoms with Crippen molar-refractivity contribution < 1.29 is 0 Å². The van der Waals surface area contributed by atoms with Gasteiger partial charge in [-0.15, -0.1) is 23.2 Å². The molecule has 0 aromatic heterocycles. The maximum absolute atomic E-state index is 5.76. The van der Waals surface area contributed by atoms with Crippen molar-refractivity contribution in [1.29, 1.82) is 0 Å². The molecule has 0 saturated carbocycles. The smallest absolute Gasteiger partial charge is 0.0288 e. The maximum Gasteiger partial charge on any atom is 0.0288 e. The second-order valence-electron chi connectivity index (χ2n) is 3.18. The number of unbranched alkanes of at least 4 members (excludes halogenated alkanes) is 1. The Balaban J connectivity index is 3.58. The van der Waals surface area contributed by atoms with Gasteiger partial charge < -0.3 is 0 Å². The average Bonchev–Trinajstić information content (AvgIpc) is 2.00. The van der Waals surface area contributed by atoms with Gasteiger partial charge in [0.25, 0.3) is 0 Å². The van der Waals surface area contributed by atoms with Crippen molar-refractivity contribution in [3.8, 4) is 0 Å². The van der Waals surface area contributed by atoms with Gasteiger partial charge >= 0.3 is 0 Å². The quantitative estimate of drug-likeness (QED) is 0.570. The normalized spacial score (nSPS) is 12.0. The topological polar surface area (TPSA) is 0 Å². The molecule has 62 valence electrons. The van der Waals surface area contributed by atoms with Gasteiger partial charge in [-0.25, -0.2) is 0 Å². The molecule has 0 aromatic rings. The van der Waals surface area contributed by atoms with Crippen LogP contribution in [-0.2, 0) is 0 Å². The van der Waals surface area contributed by atoms with Crippen LogP contribution in [0.2, 0.25) is 0 Å². The molecule has 0 aliphatic heterocycles. The third kappa shape index (κ3) is 3.68. The number of hydrogen-bond acceptors (Lipinski definition) is 0. The first-order valence-electron chi connectivity index (χ1n) is 3.80. The summed E-state index contributed by atoms with van der Waals surface area (Å²) < 4.78 is 0. The largest absolute Gasteiger partial charge is 0.126 e. The summed E-state index contributed by atoms with van der Waals surface area (Å²) in [5.74, 6) is 1.35. The highest BCUT2D eigenvalue weighted by molar-refractivity contribution is 6.21. The molecule has 0 amide bonds. The predicted molar refractivity (Wildman–Crippen MR) is 49.1 cm³/mol. The lowest BCUT2D eigenvalue weighted by atomic mass is 9.89. The van der Waals surface area contributed by atoms with Crippen LogP contribution in [0.1, 0.15) is 33.1 Å². The molecule has 0 spiro atoms. The Hall–Kier alpha value is 0.580. The van der Waals surface area contributed by atoms with Gasteiger partial charge in [0.15, 0.2) is 0 Å². The van der Waals surface area contributed by atoms with Gasteiger partial charge in [-0.2, -0.15) is 0 Å². The highest BCUT2D eigenvalue weighted by atomic mass is 35.5. The first-order valence-corrected chi connectivity index (χ1v) is 4.87. The third-order valence-corrected chi connectivity index (χ3v) is 3.07. The Bertz CT molecular complexity index is 77.3. The molecule has 0 heterocycles. The highest BCUT2D eigenvalue weighted by Gasteiger charge is 2.20. The lowest BCUT2D eigenvalue weighted by molar-refractivity contribution is 0.375. The average molecular weight is 183 g/mol. The van der Waals surface area contributed by atoms with Crippen LogP contribution in [0.25, 0.3) is 0 Å². The molecule has 0 fully saturated rings. The zero-order chi connectivity index (χ0) is 8.04. The van der Waals surface area contributed by atoms with Crippen molar-refractivity contribution in [2.24, 2.45) is 5.41 Å². The van der Waals surface area contributed by atoms with Crippen LogP contribution in [-0.4, -0.2) is 11.8 Å². The predicted octanol–water partition coefficient (Wildman–Crippen LogP) is 3.66. The van der Waals surface area contributed by atoms with Crippen LogP contribution in [0.3, 0.4) is 0 Å². The van der Waals surface area contributed by atoms with Crippen LogP contribution in [0.5, 0.6) is 0 Å². The Kier molecular flexibility index (Phi) is 5.56. The minimum absolute atomic E-state index is 0.166. The number of halogens is 2. The van der Waals surface area contributed by atoms with E-state index in [2.05, 4.69) is 13.8 Å². The summed E-state index contributed by atoms with van der Waals surface area (Å²) >= 11 is 11.5. The zero-order valence-corrected chi connectivity index (χ0v) is 8.30. The molecule has 0 saturated heterocycles. The second kappa shape index (κ2) is 5.26. The standard InChI is InChI=1S/C8H16Cl2/c1-3-4-5-8(2,6-9)7-10/h3-7H2,1-2H3. The fraction of sp³-hybridized carbons (Fsp3) is 1.00. The fourth-order valence-electron chi connectivity index (χ4n) is 0.773. The molecule has 0 bridgehead atoms. The molecule has 0 unspecified atom stereocenters. The zero-order valence-electron chi connectivity index (χ0n) is 6.79. The molecule has 0 aliphatic rings. The lowest BCUT2D eigenvalue weighted by Crippen LogP contribution is -2.20. The van der Waals surface area contributed by atoms with Gasteiger partial charge in [-0.1, -0.05) is 26.7 Å². The molecule has 0 rings (SSSR count). The SMILES string of the molecule is CCCCC(C)(CCl)CCl. The molecule has 0 aromatic carbocycles. The molecular weight excluding hydrogens is 167 g/mol. The van der Waals surface area contributed by atoms with Crippen molar-refractivity contribution >= 4 is 23.2 Å². The van der Waals surface area contributed by atoms with E-state index >= 15 is 0 Å². The molecule has 0 atom stereocenters. The summed E-state index contributed by atoms with van der Waals surface area (Å²) in [6.07, 6.45) is 3.61. The summed E-state index contributed by atoms with van der Waals surface area (Å²) in [4.78, 5) is 0. The van der Waals surface area contributed by atoms with Crippen molar-refractivity contribution in [2.45, 2.75) is 33.1 Å². The van der Waals surface area contributed by atoms with Gasteiger partial charge in [-0.3, -0.25) is 0 Å². The van der Waals surface area contributed by atoms with E-state index < -0.39 is 0 Å². The summed E-state index contributed by atoms with van der Waals surface area (Å²) in [6.45, 7) is 4.32. The first kappa shape index (κ1) is 10.6. The summed E-state index contributed by atoms with van der Waals surface area (Å²) in [5, 5.41) is 0. The Morgan fingerprint density at radius 2 is 1.70 bits per heavy atom. The summed E-state index contributed by atoms with van der Waals surface area (Å²) in [5.41, 5.74) is 0.166. The van der Waals surface area contributed by atoms with Crippen LogP contribution >= 0.6 is 23.2 Å². The Morgan fingerprint density at radius 1 is 1.20 bits per heavy atom. The van der Waals surface area contributed by atoms with Crippen LogP contribution in [0.4, 0.5) is 0 Å². The van der Waals surface area contributed by atoms with E-state index in [0.29, 0.717) is 11.8 Å². The molecule has 2 heteroatoms. The van der Waals surface area contributed by atoms with Crippen LogP contribution < -0.4 is 0 Å². The van der Waals surface area contributed by atoms with E-state index in [1.54, 1.807) is 0 Å². The monoisotopic (exact) mass is 182 g/mol. The van der Waals surface area contributed by atoms with Crippen molar-refractivity contribution in [3.05, 3.63) is 0 Å². The van der Waals surface area contributed by atoms with Gasteiger partial charge in [0.05, 0.1) is 0 Å². The molecule has 0 nitrogen and oxygen atoms in total. The molecule has 0 aliphatic carbocycles. The van der Waals surface area contributed by atoms with E-state index in [1.165, 1.54) is 12.8 Å². The third-order valence-electron chi connectivity index (χ3n) is 1.78. The van der Waals surface area contributed by atoms with Crippen LogP contribution in [0.15, 0.2) is 0 Å². The molecule has 10 heavy (non-hydrogen) atoms. The minimum atomic E-state index is 0.166. The fourth-order valence-corrected chi connectivity index (χ4v) is 1.33. The highest BCUT2D eigenvalue weighted by Crippen LogP contribution is 2.26. The maximum atomic E-state index is 5.76. The van der Waals surface area contributed by atoms with Crippen molar-refractivity contribution in [1.82, 2.24) is 0 Å². The number of hydrogen-bond donors (Lipinski definition) is 0. The van der Waals surface area contributed by atoms with Gasteiger partial charge in [0.1, 0.15) is 0 Å². The minimum Gasteiger partial charge on any atom is -0.126 e. The van der Waals surface area contributed by atoms with Crippen LogP contribution in [0, 0.1) is 5.41 Å². The van der Waals surface area contributed by atoms with Crippen molar-refractivity contribution in [2.75, 3.05) is 11.8 Å². The van der Waals surface area contributed by atoms with Gasteiger partial charge in [-0.05, 0) is 11.8 Å². The van der Waals surface area contributed by atoms with E-state index in [1.807, 2.05) is 0 Å². The summed E-state index contributed by atoms with van der Waals surface area (Å²) in [7, 11) is 0. The Morgan fingerprint density at radius 3 is 2.00 bits per heavy atom. The van der Waals surface area contributed by atoms with Gasteiger partial charge in [0, 0.05) is 11.8 Å².